The maximum Gasteiger partial charge on any atom is 0.227 e. The largest absolute Gasteiger partial charge is 0.386 e. The van der Waals surface area contributed by atoms with Crippen LogP contribution in [0.15, 0.2) is 24.3 Å². The number of amides is 1. The Morgan fingerprint density at radius 3 is 2.44 bits per heavy atom. The quantitative estimate of drug-likeness (QED) is 0.810. The van der Waals surface area contributed by atoms with E-state index in [0.717, 1.165) is 5.56 Å². The van der Waals surface area contributed by atoms with E-state index in [2.05, 4.69) is 0 Å². The molecule has 1 saturated heterocycles. The van der Waals surface area contributed by atoms with E-state index in [1.807, 2.05) is 31.2 Å². The van der Waals surface area contributed by atoms with Gasteiger partial charge in [0.25, 0.3) is 0 Å². The van der Waals surface area contributed by atoms with E-state index in [4.69, 9.17) is 0 Å². The van der Waals surface area contributed by atoms with Gasteiger partial charge in [-0.2, -0.15) is 0 Å². The minimum atomic E-state index is -0.678. The number of aliphatic hydroxyl groups is 1. The first-order valence-electron chi connectivity index (χ1n) is 5.52. The summed E-state index contributed by atoms with van der Waals surface area (Å²) in [6, 6.07) is 7.97. The van der Waals surface area contributed by atoms with Crippen molar-refractivity contribution in [2.45, 2.75) is 25.9 Å². The highest BCUT2D eigenvalue weighted by Crippen LogP contribution is 2.20. The van der Waals surface area contributed by atoms with Gasteiger partial charge in [-0.1, -0.05) is 29.8 Å². The smallest absolute Gasteiger partial charge is 0.227 e. The number of rotatable bonds is 2. The first-order valence-corrected chi connectivity index (χ1v) is 5.52. The highest BCUT2D eigenvalue weighted by atomic mass is 16.3. The Labute approximate surface area is 95.7 Å². The SMILES string of the molecule is Cc1ccc(CC(=O)N2CC(C)(O)C2)cc1. The average molecular weight is 219 g/mol. The van der Waals surface area contributed by atoms with Gasteiger partial charge in [-0.3, -0.25) is 4.79 Å². The Bertz CT molecular complexity index is 387. The van der Waals surface area contributed by atoms with E-state index in [9.17, 15) is 9.90 Å². The van der Waals surface area contributed by atoms with Gasteiger partial charge in [0, 0.05) is 0 Å². The molecule has 86 valence electrons. The minimum absolute atomic E-state index is 0.0929. The number of hydrogen-bond acceptors (Lipinski definition) is 2. The monoisotopic (exact) mass is 219 g/mol. The van der Waals surface area contributed by atoms with Gasteiger partial charge in [-0.25, -0.2) is 0 Å². The number of nitrogens with zero attached hydrogens (tertiary/aromatic N) is 1. The van der Waals surface area contributed by atoms with Crippen molar-refractivity contribution in [2.24, 2.45) is 0 Å². The average Bonchev–Trinajstić information content (AvgIpc) is 2.18. The summed E-state index contributed by atoms with van der Waals surface area (Å²) in [5.41, 5.74) is 1.55. The lowest BCUT2D eigenvalue weighted by Crippen LogP contribution is -2.62. The van der Waals surface area contributed by atoms with Gasteiger partial charge in [-0.15, -0.1) is 0 Å². The summed E-state index contributed by atoms with van der Waals surface area (Å²) in [6.45, 7) is 4.69. The second-order valence-corrected chi connectivity index (χ2v) is 4.91. The number of β-amino-alcohol motifs (C(OH)–C–C–N with tert-alkyl or cyclic N) is 1. The molecule has 0 bridgehead atoms. The van der Waals surface area contributed by atoms with Crippen molar-refractivity contribution in [3.8, 4) is 0 Å². The van der Waals surface area contributed by atoms with Crippen molar-refractivity contribution in [2.75, 3.05) is 13.1 Å². The van der Waals surface area contributed by atoms with Gasteiger partial charge < -0.3 is 10.0 Å². The fraction of sp³-hybridized carbons (Fsp3) is 0.462. The maximum atomic E-state index is 11.8. The van der Waals surface area contributed by atoms with Crippen LogP contribution in [0.5, 0.6) is 0 Å². The molecule has 0 unspecified atom stereocenters. The highest BCUT2D eigenvalue weighted by Gasteiger charge is 2.38. The second-order valence-electron chi connectivity index (χ2n) is 4.91. The summed E-state index contributed by atoms with van der Waals surface area (Å²) >= 11 is 0. The lowest BCUT2D eigenvalue weighted by Gasteiger charge is -2.44. The van der Waals surface area contributed by atoms with Crippen molar-refractivity contribution in [1.82, 2.24) is 4.90 Å². The topological polar surface area (TPSA) is 40.5 Å². The molecule has 16 heavy (non-hydrogen) atoms. The van der Waals surface area contributed by atoms with E-state index in [1.54, 1.807) is 11.8 Å². The van der Waals surface area contributed by atoms with Gasteiger partial charge in [0.2, 0.25) is 5.91 Å². The van der Waals surface area contributed by atoms with Crippen LogP contribution in [-0.4, -0.2) is 34.6 Å². The lowest BCUT2D eigenvalue weighted by atomic mass is 9.96. The zero-order chi connectivity index (χ0) is 11.8. The number of aryl methyl sites for hydroxylation is 1. The molecule has 1 aromatic carbocycles. The van der Waals surface area contributed by atoms with Crippen LogP contribution in [0, 0.1) is 6.92 Å². The van der Waals surface area contributed by atoms with Gasteiger partial charge in [0.1, 0.15) is 0 Å². The van der Waals surface area contributed by atoms with Crippen LogP contribution in [0.2, 0.25) is 0 Å². The Kier molecular flexibility index (Phi) is 2.72. The summed E-state index contributed by atoms with van der Waals surface area (Å²) < 4.78 is 0. The molecule has 3 heteroatoms. The van der Waals surface area contributed by atoms with Crippen LogP contribution >= 0.6 is 0 Å². The third-order valence-electron chi connectivity index (χ3n) is 2.89. The van der Waals surface area contributed by atoms with Crippen molar-refractivity contribution in [3.05, 3.63) is 35.4 Å². The first-order chi connectivity index (χ1) is 7.46. The van der Waals surface area contributed by atoms with Gasteiger partial charge in [0.05, 0.1) is 25.1 Å². The molecule has 3 nitrogen and oxygen atoms in total. The third kappa shape index (κ3) is 2.42. The summed E-state index contributed by atoms with van der Waals surface area (Å²) in [4.78, 5) is 13.5. The van der Waals surface area contributed by atoms with E-state index < -0.39 is 5.60 Å². The number of carbonyl (C=O) groups is 1. The Morgan fingerprint density at radius 1 is 1.38 bits per heavy atom. The Hall–Kier alpha value is -1.35. The number of likely N-dealkylation sites (tertiary alicyclic amines) is 1. The molecule has 1 aromatic rings. The van der Waals surface area contributed by atoms with Gasteiger partial charge in [0.15, 0.2) is 0 Å². The van der Waals surface area contributed by atoms with E-state index >= 15 is 0 Å². The molecule has 1 amide bonds. The van der Waals surface area contributed by atoms with E-state index in [1.165, 1.54) is 5.56 Å². The zero-order valence-electron chi connectivity index (χ0n) is 9.73. The standard InChI is InChI=1S/C13H17NO2/c1-10-3-5-11(6-4-10)7-12(15)14-8-13(2,16)9-14/h3-6,16H,7-9H2,1-2H3. The molecule has 1 heterocycles. The van der Waals surface area contributed by atoms with Crippen LogP contribution in [0.25, 0.3) is 0 Å². The van der Waals surface area contributed by atoms with Gasteiger partial charge in [-0.05, 0) is 19.4 Å². The molecule has 2 rings (SSSR count). The molecule has 1 aliphatic heterocycles. The van der Waals surface area contributed by atoms with Crippen LogP contribution < -0.4 is 0 Å². The zero-order valence-corrected chi connectivity index (χ0v) is 9.73. The molecule has 0 saturated carbocycles. The predicted molar refractivity (Wildman–Crippen MR) is 62.1 cm³/mol. The molecular formula is C13H17NO2. The first kappa shape index (κ1) is 11.1. The predicted octanol–water partition coefficient (Wildman–Crippen LogP) is 1.13. The summed E-state index contributed by atoms with van der Waals surface area (Å²) in [7, 11) is 0. The molecule has 0 atom stereocenters. The summed E-state index contributed by atoms with van der Waals surface area (Å²) in [5, 5.41) is 9.54. The summed E-state index contributed by atoms with van der Waals surface area (Å²) in [5.74, 6) is 0.0929. The molecule has 0 spiro atoms. The highest BCUT2D eigenvalue weighted by molar-refractivity contribution is 5.79. The normalized spacial score (nSPS) is 18.1. The van der Waals surface area contributed by atoms with Crippen LogP contribution in [-0.2, 0) is 11.2 Å². The molecule has 1 N–H and O–H groups in total. The summed E-state index contributed by atoms with van der Waals surface area (Å²) in [6.07, 6.45) is 0.427. The molecule has 0 aliphatic carbocycles. The molecule has 1 aliphatic rings. The molecule has 0 radical (unpaired) electrons. The number of carbonyl (C=O) groups excluding carboxylic acids is 1. The number of benzene rings is 1. The molecule has 0 aromatic heterocycles. The third-order valence-corrected chi connectivity index (χ3v) is 2.89. The number of hydrogen-bond donors (Lipinski definition) is 1. The molecule has 1 fully saturated rings. The second kappa shape index (κ2) is 3.91. The van der Waals surface area contributed by atoms with Crippen LogP contribution in [0.4, 0.5) is 0 Å². The maximum absolute atomic E-state index is 11.8. The molecular weight excluding hydrogens is 202 g/mol. The van der Waals surface area contributed by atoms with Crippen molar-refractivity contribution >= 4 is 5.91 Å². The van der Waals surface area contributed by atoms with Crippen LogP contribution in [0.1, 0.15) is 18.1 Å². The van der Waals surface area contributed by atoms with Crippen molar-refractivity contribution in [1.29, 1.82) is 0 Å². The van der Waals surface area contributed by atoms with Crippen LogP contribution in [0.3, 0.4) is 0 Å². The van der Waals surface area contributed by atoms with Crippen molar-refractivity contribution in [3.63, 3.8) is 0 Å². The van der Waals surface area contributed by atoms with E-state index in [-0.39, 0.29) is 5.91 Å². The van der Waals surface area contributed by atoms with E-state index in [0.29, 0.717) is 19.5 Å². The Morgan fingerprint density at radius 2 is 1.94 bits per heavy atom. The van der Waals surface area contributed by atoms with Gasteiger partial charge >= 0.3 is 0 Å². The fourth-order valence-corrected chi connectivity index (χ4v) is 1.94. The fourth-order valence-electron chi connectivity index (χ4n) is 1.94. The minimum Gasteiger partial charge on any atom is -0.386 e. The Balaban J connectivity index is 1.91. The van der Waals surface area contributed by atoms with Crippen molar-refractivity contribution < 1.29 is 9.90 Å². The lowest BCUT2D eigenvalue weighted by molar-refractivity contribution is -0.151.